The summed E-state index contributed by atoms with van der Waals surface area (Å²) in [6, 6.07) is 6.77. The number of ether oxygens (including phenoxy) is 8. The summed E-state index contributed by atoms with van der Waals surface area (Å²) in [6.45, 7) is 19.8. The molecule has 1 fully saturated rings. The summed E-state index contributed by atoms with van der Waals surface area (Å²) >= 11 is 0. The summed E-state index contributed by atoms with van der Waals surface area (Å²) in [7, 11) is 0. The van der Waals surface area contributed by atoms with Crippen LogP contribution in [-0.2, 0) is 47.7 Å². The largest absolute Gasteiger partial charge is 0.481 e. The fourth-order valence-corrected chi connectivity index (χ4v) is 8.74. The monoisotopic (exact) mass is 852 g/mol. The molecule has 7 rings (SSSR count). The van der Waals surface area contributed by atoms with Crippen molar-refractivity contribution in [2.24, 2.45) is 11.8 Å². The highest BCUT2D eigenvalue weighted by atomic mass is 16.6. The minimum absolute atomic E-state index is 0.0949. The Morgan fingerprint density at radius 3 is 1.16 bits per heavy atom. The fourth-order valence-electron chi connectivity index (χ4n) is 8.74. The van der Waals surface area contributed by atoms with Crippen LogP contribution in [0.5, 0.6) is 23.0 Å². The third-order valence-electron chi connectivity index (χ3n) is 12.8. The van der Waals surface area contributed by atoms with Crippen LogP contribution in [-0.4, -0.2) is 59.2 Å². The van der Waals surface area contributed by atoms with Gasteiger partial charge in [0.1, 0.15) is 34.2 Å². The lowest BCUT2D eigenvalue weighted by molar-refractivity contribution is -0.174. The molecule has 328 valence electrons. The molecular formula is C48H52O14. The average molecular weight is 853 g/mol. The highest BCUT2D eigenvalue weighted by Crippen LogP contribution is 2.67. The van der Waals surface area contributed by atoms with Crippen molar-refractivity contribution in [3.05, 3.63) is 93.1 Å². The number of fused-ring (bicyclic) bond motifs is 12. The summed E-state index contributed by atoms with van der Waals surface area (Å²) in [5.74, 6) is -6.12. The second-order valence-corrected chi connectivity index (χ2v) is 17.3. The van der Waals surface area contributed by atoms with Gasteiger partial charge in [-0.25, -0.2) is 19.2 Å². The molecule has 0 aromatic heterocycles. The molecular weight excluding hydrogens is 801 g/mol. The Hall–Kier alpha value is -6.18. The molecule has 4 heterocycles. The molecule has 4 unspecified atom stereocenters. The van der Waals surface area contributed by atoms with Gasteiger partial charge in [0.15, 0.2) is 24.4 Å². The van der Waals surface area contributed by atoms with Crippen LogP contribution in [0.25, 0.3) is 0 Å². The molecule has 1 aliphatic carbocycles. The van der Waals surface area contributed by atoms with Gasteiger partial charge < -0.3 is 37.9 Å². The summed E-state index contributed by atoms with van der Waals surface area (Å²) in [4.78, 5) is 81.4. The molecule has 4 atom stereocenters. The minimum atomic E-state index is -1.36. The van der Waals surface area contributed by atoms with Crippen LogP contribution in [0.15, 0.2) is 70.9 Å². The van der Waals surface area contributed by atoms with Crippen LogP contribution in [0.3, 0.4) is 0 Å². The van der Waals surface area contributed by atoms with Gasteiger partial charge in [-0.1, -0.05) is 36.4 Å². The lowest BCUT2D eigenvalue weighted by atomic mass is 9.50. The number of rotatable bonds is 10. The van der Waals surface area contributed by atoms with Crippen molar-refractivity contribution < 1.29 is 66.7 Å². The first-order valence-electron chi connectivity index (χ1n) is 20.7. The Labute approximate surface area is 360 Å². The van der Waals surface area contributed by atoms with E-state index in [0.29, 0.717) is 33.4 Å². The molecule has 5 aliphatic rings. The Kier molecular flexibility index (Phi) is 11.3. The van der Waals surface area contributed by atoms with Gasteiger partial charge in [-0.05, 0) is 95.2 Å². The number of hydrogen-bond acceptors (Lipinski definition) is 14. The van der Waals surface area contributed by atoms with E-state index in [2.05, 4.69) is 0 Å². The summed E-state index contributed by atoms with van der Waals surface area (Å²) in [5.41, 5.74) is 0.220. The van der Waals surface area contributed by atoms with Crippen LogP contribution < -0.4 is 18.9 Å². The molecule has 0 amide bonds. The van der Waals surface area contributed by atoms with Crippen LogP contribution in [0, 0.1) is 11.8 Å². The lowest BCUT2D eigenvalue weighted by Crippen LogP contribution is -2.57. The van der Waals surface area contributed by atoms with E-state index in [1.807, 2.05) is 0 Å². The van der Waals surface area contributed by atoms with Gasteiger partial charge in [-0.3, -0.25) is 9.59 Å². The molecule has 14 heteroatoms. The van der Waals surface area contributed by atoms with Crippen molar-refractivity contribution >= 4 is 35.8 Å². The molecule has 0 radical (unpaired) electrons. The number of benzene rings is 2. The van der Waals surface area contributed by atoms with Crippen molar-refractivity contribution in [2.75, 3.05) is 0 Å². The van der Waals surface area contributed by atoms with Crippen LogP contribution >= 0.6 is 0 Å². The molecule has 1 saturated carbocycles. The maximum Gasteiger partial charge on any atom is 0.334 e. The van der Waals surface area contributed by atoms with E-state index in [4.69, 9.17) is 37.9 Å². The van der Waals surface area contributed by atoms with Crippen molar-refractivity contribution in [3.8, 4) is 23.0 Å². The molecule has 62 heavy (non-hydrogen) atoms. The number of hydrogen-bond donors (Lipinski definition) is 0. The topological polar surface area (TPSA) is 176 Å². The third-order valence-corrected chi connectivity index (χ3v) is 12.8. The van der Waals surface area contributed by atoms with Crippen molar-refractivity contribution in [2.45, 2.75) is 131 Å². The maximum atomic E-state index is 14.4. The quantitative estimate of drug-likeness (QED) is 0.0978. The molecule has 0 spiro atoms. The SMILES string of the molecule is CC=C(C)C(=O)OC1c2c(ccc3c2OC(=O)C2C3C3C(=O)Oc4c(ccc5c4C(OC(=O)C(C)=CC)C(C(C)(C)OC(=O)C(C)=CC)O5)C23)OC1C(C)(C)OC(=O)C(C)=CC. The van der Waals surface area contributed by atoms with Gasteiger partial charge in [0, 0.05) is 45.3 Å². The van der Waals surface area contributed by atoms with Gasteiger partial charge in [-0.2, -0.15) is 0 Å². The Morgan fingerprint density at radius 1 is 0.516 bits per heavy atom. The summed E-state index contributed by atoms with van der Waals surface area (Å²) < 4.78 is 49.1. The van der Waals surface area contributed by atoms with Gasteiger partial charge >= 0.3 is 35.8 Å². The van der Waals surface area contributed by atoms with Gasteiger partial charge in [0.25, 0.3) is 0 Å². The molecule has 4 aliphatic heterocycles. The molecule has 2 aromatic rings. The number of carbonyl (C=O) groups is 6. The molecule has 0 N–H and O–H groups in total. The highest BCUT2D eigenvalue weighted by molar-refractivity contribution is 5.94. The normalized spacial score (nSPS) is 26.3. The smallest absolute Gasteiger partial charge is 0.334 e. The van der Waals surface area contributed by atoms with E-state index in [9.17, 15) is 28.8 Å². The van der Waals surface area contributed by atoms with E-state index in [1.165, 1.54) is 0 Å². The Morgan fingerprint density at radius 2 is 0.839 bits per heavy atom. The molecule has 0 saturated heterocycles. The van der Waals surface area contributed by atoms with Crippen molar-refractivity contribution in [1.29, 1.82) is 0 Å². The van der Waals surface area contributed by atoms with E-state index >= 15 is 0 Å². The van der Waals surface area contributed by atoms with Crippen LogP contribution in [0.1, 0.15) is 129 Å². The van der Waals surface area contributed by atoms with E-state index in [1.54, 1.807) is 132 Å². The van der Waals surface area contributed by atoms with Gasteiger partial charge in [0.2, 0.25) is 0 Å². The zero-order valence-corrected chi connectivity index (χ0v) is 37.0. The third kappa shape index (κ3) is 7.06. The fraction of sp³-hybridized carbons (Fsp3) is 0.458. The van der Waals surface area contributed by atoms with E-state index in [0.717, 1.165) is 0 Å². The van der Waals surface area contributed by atoms with E-state index in [-0.39, 0.29) is 34.1 Å². The van der Waals surface area contributed by atoms with Gasteiger partial charge in [0.05, 0.1) is 23.0 Å². The molecule has 0 bridgehead atoms. The van der Waals surface area contributed by atoms with Crippen LogP contribution in [0.4, 0.5) is 0 Å². The number of allylic oxidation sites excluding steroid dienone is 4. The maximum absolute atomic E-state index is 14.4. The van der Waals surface area contributed by atoms with Crippen molar-refractivity contribution in [3.63, 3.8) is 0 Å². The second-order valence-electron chi connectivity index (χ2n) is 17.3. The van der Waals surface area contributed by atoms with Gasteiger partial charge in [-0.15, -0.1) is 0 Å². The van der Waals surface area contributed by atoms with E-state index < -0.39 is 95.1 Å². The standard InChI is InChI=1S/C48H52O14/c1-13-21(5)41(49)59-37-31-27(55-39(37)47(9,10)61-43(51)23(7)15-3)19-17-25-29-33(45(53)57-35(25)31)30-26-18-20-28-32(36(26)58-46(54)34(29)30)38(60-42(50)22(6)14-2)40(56-28)48(11,12)62-44(52)24(8)16-4/h13-20,29-30,33-34,37-40H,1-12H3. The van der Waals surface area contributed by atoms with Crippen LogP contribution in [0.2, 0.25) is 0 Å². The summed E-state index contributed by atoms with van der Waals surface area (Å²) in [5, 5.41) is 0. The number of carbonyl (C=O) groups excluding carboxylic acids is 6. The highest BCUT2D eigenvalue weighted by Gasteiger charge is 2.66. The Bertz CT molecular complexity index is 2250. The molecule has 2 aromatic carbocycles. The lowest BCUT2D eigenvalue weighted by Gasteiger charge is -2.54. The first-order valence-corrected chi connectivity index (χ1v) is 20.7. The predicted molar refractivity (Wildman–Crippen MR) is 221 cm³/mol. The Balaban J connectivity index is 1.27. The zero-order valence-electron chi connectivity index (χ0n) is 37.0. The molecule has 14 nitrogen and oxygen atoms in total. The first kappa shape index (κ1) is 43.9. The number of esters is 6. The second kappa shape index (κ2) is 15.9. The van der Waals surface area contributed by atoms with Crippen molar-refractivity contribution in [1.82, 2.24) is 0 Å². The minimum Gasteiger partial charge on any atom is -0.481 e. The predicted octanol–water partition coefficient (Wildman–Crippen LogP) is 7.84. The summed E-state index contributed by atoms with van der Waals surface area (Å²) in [6.07, 6.45) is 1.92. The zero-order chi connectivity index (χ0) is 45.3. The first-order chi connectivity index (χ1) is 29.2. The average Bonchev–Trinajstić information content (AvgIpc) is 3.79.